The molecular formula is C32H53NO25. The van der Waals surface area contributed by atoms with Crippen molar-refractivity contribution in [2.75, 3.05) is 33.0 Å². The summed E-state index contributed by atoms with van der Waals surface area (Å²) in [4.78, 5) is 12.6. The molecule has 15 N–H and O–H groups in total. The molecule has 7 heterocycles. The van der Waals surface area contributed by atoms with E-state index < -0.39 is 192 Å². The van der Waals surface area contributed by atoms with Gasteiger partial charge in [0.15, 0.2) is 31.5 Å². The van der Waals surface area contributed by atoms with Crippen molar-refractivity contribution in [2.45, 2.75) is 160 Å². The highest BCUT2D eigenvalue weighted by Gasteiger charge is 2.59. The molecule has 0 spiro atoms. The lowest BCUT2D eigenvalue weighted by atomic mass is 9.94. The number of rotatable bonds is 8. The Balaban J connectivity index is 1.50. The van der Waals surface area contributed by atoms with Gasteiger partial charge in [-0.05, 0) is 0 Å². The van der Waals surface area contributed by atoms with Crippen LogP contribution in [0.3, 0.4) is 0 Å². The molecule has 7 rings (SSSR count). The first-order chi connectivity index (χ1) is 27.6. The van der Waals surface area contributed by atoms with Gasteiger partial charge in [0.25, 0.3) is 0 Å². The van der Waals surface area contributed by atoms with Crippen LogP contribution in [0.15, 0.2) is 0 Å². The lowest BCUT2D eigenvalue weighted by Gasteiger charge is -2.51. The van der Waals surface area contributed by atoms with Gasteiger partial charge < -0.3 is 124 Å². The maximum absolute atomic E-state index is 12.6. The number of aliphatic hydroxyl groups excluding tert-OH is 14. The fourth-order valence-electron chi connectivity index (χ4n) is 7.78. The molecule has 0 aromatic carbocycles. The van der Waals surface area contributed by atoms with Crippen molar-refractivity contribution in [3.63, 3.8) is 0 Å². The lowest BCUT2D eigenvalue weighted by molar-refractivity contribution is -0.409. The monoisotopic (exact) mass is 851 g/mol. The maximum atomic E-state index is 12.6. The summed E-state index contributed by atoms with van der Waals surface area (Å²) in [6, 6.07) is -1.64. The SMILES string of the molecule is CC(=O)N[C@H]1[C@H]2O[C@H]3[C@H](O)[C@H](O)[C@@H](O[C@@H]4[C@@H](O[C@@H]5[C@H](O[C@H]1[C@@H](O)[C@@H](CO)O2)O[C@H](CO)[C@@H](O)[C@@H]5O[C@H]1O[C@H](CO)[C@@H](O)[C@H](O)[C@H]1O)O[C@H](CO)[C@@H](O)[C@@H]4O)O[C@@H]3CO. The van der Waals surface area contributed by atoms with Crippen LogP contribution < -0.4 is 5.32 Å². The zero-order valence-electron chi connectivity index (χ0n) is 30.7. The van der Waals surface area contributed by atoms with E-state index in [0.29, 0.717) is 0 Å². The Labute approximate surface area is 328 Å². The second-order valence-electron chi connectivity index (χ2n) is 14.8. The summed E-state index contributed by atoms with van der Waals surface area (Å²) in [6.07, 6.45) is -45.4. The van der Waals surface area contributed by atoms with Crippen LogP contribution in [-0.2, 0) is 52.2 Å². The Morgan fingerprint density at radius 3 is 1.48 bits per heavy atom. The number of amides is 1. The minimum Gasteiger partial charge on any atom is -0.394 e. The Bertz CT molecular complexity index is 1340. The largest absolute Gasteiger partial charge is 0.394 e. The molecule has 336 valence electrons. The average molecular weight is 852 g/mol. The van der Waals surface area contributed by atoms with Crippen LogP contribution in [0.1, 0.15) is 6.92 Å². The van der Waals surface area contributed by atoms with E-state index in [4.69, 9.17) is 47.4 Å². The number of hydrogen-bond acceptors (Lipinski definition) is 25. The Kier molecular flexibility index (Phi) is 15.3. The van der Waals surface area contributed by atoms with E-state index in [1.54, 1.807) is 0 Å². The van der Waals surface area contributed by atoms with Gasteiger partial charge in [0, 0.05) is 6.92 Å². The predicted molar refractivity (Wildman–Crippen MR) is 175 cm³/mol. The fourth-order valence-corrected chi connectivity index (χ4v) is 7.78. The Hall–Kier alpha value is -1.49. The van der Waals surface area contributed by atoms with E-state index in [9.17, 15) is 76.3 Å². The molecule has 26 heteroatoms. The number of carbonyl (C=O) groups excluding carboxylic acids is 1. The molecule has 0 unspecified atom stereocenters. The standard InChI is InChI=1S/C32H53NO25/c1-7(39)33-13-24-16(42)10(4-36)49-28(13)54-23-12(6-38)53-30(22(48)20(23)46)57-26-19(45)15(41)9(3-35)51-31(26)58-27-25(17(43)11(5-37)52-32(27)55-24)56-29-21(47)18(44)14(40)8(2-34)50-29/h8-32,34-38,40-48H,2-6H2,1H3,(H,33,39)/t8-,9-,10-,11-,12-,13-,14-,15-,16+,17-,18+,19+,20-,21-,22+,23-,24-,25+,26+,27+,28-,29-,30-,31-,32+/m1/s1. The zero-order valence-corrected chi connectivity index (χ0v) is 30.7. The molecule has 25 atom stereocenters. The molecular weight excluding hydrogens is 798 g/mol. The molecule has 0 aliphatic carbocycles. The van der Waals surface area contributed by atoms with Crippen LogP contribution in [0.4, 0.5) is 0 Å². The van der Waals surface area contributed by atoms with E-state index >= 15 is 0 Å². The maximum Gasteiger partial charge on any atom is 0.217 e. The summed E-state index contributed by atoms with van der Waals surface area (Å²) >= 11 is 0. The van der Waals surface area contributed by atoms with Crippen molar-refractivity contribution in [2.24, 2.45) is 0 Å². The first-order valence-corrected chi connectivity index (χ1v) is 18.6. The third-order valence-electron chi connectivity index (χ3n) is 11.0. The molecule has 7 aliphatic heterocycles. The van der Waals surface area contributed by atoms with Crippen LogP contribution >= 0.6 is 0 Å². The van der Waals surface area contributed by atoms with E-state index in [-0.39, 0.29) is 0 Å². The highest BCUT2D eigenvalue weighted by Crippen LogP contribution is 2.39. The van der Waals surface area contributed by atoms with E-state index in [2.05, 4.69) is 5.32 Å². The fraction of sp³-hybridized carbons (Fsp3) is 0.969. The van der Waals surface area contributed by atoms with Crippen molar-refractivity contribution in [1.29, 1.82) is 0 Å². The summed E-state index contributed by atoms with van der Waals surface area (Å²) < 4.78 is 58.9. The van der Waals surface area contributed by atoms with Gasteiger partial charge in [-0.2, -0.15) is 0 Å². The first kappa shape index (κ1) is 46.0. The summed E-state index contributed by atoms with van der Waals surface area (Å²) in [6.45, 7) is -3.62. The van der Waals surface area contributed by atoms with Gasteiger partial charge in [0.05, 0.1) is 33.0 Å². The molecule has 58 heavy (non-hydrogen) atoms. The highest BCUT2D eigenvalue weighted by atomic mass is 16.8. The molecule has 4 bridgehead atoms. The van der Waals surface area contributed by atoms with Crippen LogP contribution in [0.5, 0.6) is 0 Å². The number of aliphatic hydroxyl groups is 14. The second kappa shape index (κ2) is 19.3. The normalized spacial score (nSPS) is 52.8. The van der Waals surface area contributed by atoms with Gasteiger partial charge in [0.2, 0.25) is 5.91 Å². The van der Waals surface area contributed by atoms with Gasteiger partial charge in [-0.3, -0.25) is 4.79 Å². The van der Waals surface area contributed by atoms with Crippen LogP contribution in [-0.4, -0.2) is 264 Å². The van der Waals surface area contributed by atoms with E-state index in [0.717, 1.165) is 6.92 Å². The zero-order chi connectivity index (χ0) is 42.3. The Morgan fingerprint density at radius 2 is 0.879 bits per heavy atom. The van der Waals surface area contributed by atoms with Crippen molar-refractivity contribution in [3.05, 3.63) is 0 Å². The van der Waals surface area contributed by atoms with Crippen LogP contribution in [0.25, 0.3) is 0 Å². The molecule has 0 aromatic heterocycles. The van der Waals surface area contributed by atoms with Gasteiger partial charge in [-0.15, -0.1) is 0 Å². The minimum atomic E-state index is -2.09. The average Bonchev–Trinajstić information content (AvgIpc) is 3.20. The molecule has 1 amide bonds. The number of nitrogens with one attached hydrogen (secondary N) is 1. The molecule has 0 aromatic rings. The molecule has 0 saturated carbocycles. The van der Waals surface area contributed by atoms with Crippen LogP contribution in [0.2, 0.25) is 0 Å². The third kappa shape index (κ3) is 8.89. The second-order valence-corrected chi connectivity index (χ2v) is 14.8. The Morgan fingerprint density at radius 1 is 0.431 bits per heavy atom. The number of carbonyl (C=O) groups is 1. The number of fused-ring (bicyclic) bond motifs is 2. The smallest absolute Gasteiger partial charge is 0.217 e. The molecule has 7 fully saturated rings. The van der Waals surface area contributed by atoms with Crippen molar-refractivity contribution >= 4 is 5.91 Å². The first-order valence-electron chi connectivity index (χ1n) is 18.6. The molecule has 7 aliphatic rings. The summed E-state index contributed by atoms with van der Waals surface area (Å²) in [5.41, 5.74) is 0. The van der Waals surface area contributed by atoms with Crippen LogP contribution in [0, 0.1) is 0 Å². The van der Waals surface area contributed by atoms with E-state index in [1.165, 1.54) is 0 Å². The molecule has 26 nitrogen and oxygen atoms in total. The third-order valence-corrected chi connectivity index (χ3v) is 11.0. The number of hydrogen-bond donors (Lipinski definition) is 15. The van der Waals surface area contributed by atoms with Crippen molar-refractivity contribution in [3.8, 4) is 0 Å². The number of ether oxygens (including phenoxy) is 10. The summed E-state index contributed by atoms with van der Waals surface area (Å²) in [7, 11) is 0. The summed E-state index contributed by atoms with van der Waals surface area (Å²) in [5.74, 6) is -0.776. The van der Waals surface area contributed by atoms with Gasteiger partial charge in [0.1, 0.15) is 122 Å². The minimum absolute atomic E-state index is 0.776. The van der Waals surface area contributed by atoms with Crippen molar-refractivity contribution < 1.29 is 124 Å². The van der Waals surface area contributed by atoms with Gasteiger partial charge >= 0.3 is 0 Å². The quantitative estimate of drug-likeness (QED) is 0.108. The van der Waals surface area contributed by atoms with Gasteiger partial charge in [-0.25, -0.2) is 0 Å². The molecule has 7 saturated heterocycles. The topological polar surface area (TPSA) is 405 Å². The van der Waals surface area contributed by atoms with E-state index in [1.807, 2.05) is 0 Å². The highest BCUT2D eigenvalue weighted by molar-refractivity contribution is 5.73. The molecule has 0 radical (unpaired) electrons. The van der Waals surface area contributed by atoms with Gasteiger partial charge in [-0.1, -0.05) is 0 Å². The van der Waals surface area contributed by atoms with Crippen molar-refractivity contribution in [1.82, 2.24) is 5.32 Å². The summed E-state index contributed by atoms with van der Waals surface area (Å²) in [5, 5.41) is 153. The predicted octanol–water partition coefficient (Wildman–Crippen LogP) is -10.7. The lowest BCUT2D eigenvalue weighted by Crippen LogP contribution is -2.70.